The van der Waals surface area contributed by atoms with Gasteiger partial charge in [0.2, 0.25) is 0 Å². The van der Waals surface area contributed by atoms with Crippen molar-refractivity contribution in [1.29, 1.82) is 5.26 Å². The first-order valence-electron chi connectivity index (χ1n) is 5.43. The van der Waals surface area contributed by atoms with Crippen LogP contribution in [0.3, 0.4) is 0 Å². The Kier molecular flexibility index (Phi) is 4.81. The lowest BCUT2D eigenvalue weighted by atomic mass is 10.0. The van der Waals surface area contributed by atoms with Crippen molar-refractivity contribution in [3.05, 3.63) is 68.6 Å². The monoisotopic (exact) mass is 395 g/mol. The van der Waals surface area contributed by atoms with Crippen molar-refractivity contribution in [2.45, 2.75) is 0 Å². The molecule has 1 nitrogen and oxygen atoms in total. The van der Waals surface area contributed by atoms with E-state index in [1.165, 1.54) is 0 Å². The molecular formula is C15H8Br2ClN. The maximum atomic E-state index is 9.33. The van der Waals surface area contributed by atoms with Gasteiger partial charge in [-0.1, -0.05) is 73.8 Å². The molecule has 0 fully saturated rings. The van der Waals surface area contributed by atoms with Gasteiger partial charge in [0.15, 0.2) is 0 Å². The molecule has 0 saturated heterocycles. The first-order valence-corrected chi connectivity index (χ1v) is 7.40. The summed E-state index contributed by atoms with van der Waals surface area (Å²) in [5, 5.41) is 9.77. The molecule has 0 N–H and O–H groups in total. The molecule has 2 aromatic carbocycles. The molecule has 0 aliphatic heterocycles. The molecule has 0 amide bonds. The van der Waals surface area contributed by atoms with E-state index in [9.17, 15) is 5.26 Å². The number of benzene rings is 2. The highest BCUT2D eigenvalue weighted by Gasteiger charge is 2.10. The summed E-state index contributed by atoms with van der Waals surface area (Å²) in [6.07, 6.45) is 0. The van der Waals surface area contributed by atoms with E-state index in [0.29, 0.717) is 10.6 Å². The van der Waals surface area contributed by atoms with Crippen molar-refractivity contribution in [2.24, 2.45) is 0 Å². The van der Waals surface area contributed by atoms with Gasteiger partial charge in [-0.2, -0.15) is 5.26 Å². The van der Waals surface area contributed by atoms with Crippen molar-refractivity contribution < 1.29 is 0 Å². The van der Waals surface area contributed by atoms with Crippen molar-refractivity contribution in [1.82, 2.24) is 0 Å². The molecule has 2 rings (SSSR count). The van der Waals surface area contributed by atoms with Crippen molar-refractivity contribution >= 4 is 54.1 Å². The van der Waals surface area contributed by atoms with Gasteiger partial charge < -0.3 is 0 Å². The number of nitriles is 1. The lowest BCUT2D eigenvalue weighted by molar-refractivity contribution is 1.51. The summed E-state index contributed by atoms with van der Waals surface area (Å²) < 4.78 is 1.81. The van der Waals surface area contributed by atoms with Crippen molar-refractivity contribution in [2.75, 3.05) is 0 Å². The van der Waals surface area contributed by atoms with E-state index in [2.05, 4.69) is 37.9 Å². The third kappa shape index (κ3) is 3.48. The van der Waals surface area contributed by atoms with Gasteiger partial charge in [0.1, 0.15) is 6.07 Å². The van der Waals surface area contributed by atoms with Crippen LogP contribution in [0, 0.1) is 11.3 Å². The quantitative estimate of drug-likeness (QED) is 0.461. The van der Waals surface area contributed by atoms with Crippen LogP contribution >= 0.6 is 43.5 Å². The molecule has 0 aliphatic rings. The molecule has 0 radical (unpaired) electrons. The predicted octanol–water partition coefficient (Wildman–Crippen LogP) is 5.84. The van der Waals surface area contributed by atoms with E-state index in [-0.39, 0.29) is 0 Å². The Labute approximate surface area is 133 Å². The third-order valence-electron chi connectivity index (χ3n) is 2.51. The standard InChI is InChI=1S/C15H8Br2ClN/c16-12-6-11(7-13(17)8-12)15(18)14(9-19)10-4-2-1-3-5-10/h1-8H/b15-14-. The van der Waals surface area contributed by atoms with Crippen molar-refractivity contribution in [3.8, 4) is 6.07 Å². The van der Waals surface area contributed by atoms with E-state index in [1.54, 1.807) is 0 Å². The van der Waals surface area contributed by atoms with E-state index in [4.69, 9.17) is 11.6 Å². The van der Waals surface area contributed by atoms with Gasteiger partial charge in [-0.05, 0) is 29.3 Å². The Morgan fingerprint density at radius 2 is 1.53 bits per heavy atom. The van der Waals surface area contributed by atoms with Crippen LogP contribution in [0.1, 0.15) is 11.1 Å². The van der Waals surface area contributed by atoms with Gasteiger partial charge >= 0.3 is 0 Å². The second-order valence-electron chi connectivity index (χ2n) is 3.82. The van der Waals surface area contributed by atoms with E-state index >= 15 is 0 Å². The highest BCUT2D eigenvalue weighted by atomic mass is 79.9. The summed E-state index contributed by atoms with van der Waals surface area (Å²) >= 11 is 13.2. The summed E-state index contributed by atoms with van der Waals surface area (Å²) in [6, 6.07) is 17.3. The molecule has 4 heteroatoms. The van der Waals surface area contributed by atoms with Crippen molar-refractivity contribution in [3.63, 3.8) is 0 Å². The van der Waals surface area contributed by atoms with Crippen LogP contribution in [-0.4, -0.2) is 0 Å². The fraction of sp³-hybridized carbons (Fsp3) is 0. The molecule has 0 saturated carbocycles. The van der Waals surface area contributed by atoms with Gasteiger partial charge in [0, 0.05) is 8.95 Å². The summed E-state index contributed by atoms with van der Waals surface area (Å²) in [7, 11) is 0. The Balaban J connectivity index is 2.59. The maximum absolute atomic E-state index is 9.33. The van der Waals surface area contributed by atoms with Crippen LogP contribution in [0.25, 0.3) is 10.6 Å². The van der Waals surface area contributed by atoms with Crippen LogP contribution < -0.4 is 0 Å². The number of nitrogens with zero attached hydrogens (tertiary/aromatic N) is 1. The van der Waals surface area contributed by atoms with Gasteiger partial charge in [-0.25, -0.2) is 0 Å². The third-order valence-corrected chi connectivity index (χ3v) is 3.83. The minimum atomic E-state index is 0.440. The molecule has 0 heterocycles. The minimum Gasteiger partial charge on any atom is -0.192 e. The predicted molar refractivity (Wildman–Crippen MR) is 86.6 cm³/mol. The largest absolute Gasteiger partial charge is 0.192 e. The van der Waals surface area contributed by atoms with Crippen LogP contribution in [0.2, 0.25) is 0 Å². The van der Waals surface area contributed by atoms with Crippen LogP contribution in [0.15, 0.2) is 57.5 Å². The highest BCUT2D eigenvalue weighted by molar-refractivity contribution is 9.11. The Morgan fingerprint density at radius 1 is 0.947 bits per heavy atom. The van der Waals surface area contributed by atoms with Gasteiger partial charge in [0.25, 0.3) is 0 Å². The lowest BCUT2D eigenvalue weighted by Gasteiger charge is -2.06. The molecule has 94 valence electrons. The lowest BCUT2D eigenvalue weighted by Crippen LogP contribution is -1.86. The van der Waals surface area contributed by atoms with E-state index in [0.717, 1.165) is 20.1 Å². The second kappa shape index (κ2) is 6.38. The van der Waals surface area contributed by atoms with Gasteiger partial charge in [-0.15, -0.1) is 0 Å². The van der Waals surface area contributed by atoms with Crippen LogP contribution in [0.4, 0.5) is 0 Å². The van der Waals surface area contributed by atoms with Gasteiger partial charge in [0.05, 0.1) is 10.6 Å². The summed E-state index contributed by atoms with van der Waals surface area (Å²) in [5.74, 6) is 0. The number of halogens is 3. The maximum Gasteiger partial charge on any atom is 0.101 e. The number of hydrogen-bond donors (Lipinski definition) is 0. The van der Waals surface area contributed by atoms with E-state index < -0.39 is 0 Å². The number of rotatable bonds is 2. The molecule has 2 aromatic rings. The average molecular weight is 397 g/mol. The topological polar surface area (TPSA) is 23.8 Å². The van der Waals surface area contributed by atoms with E-state index in [1.807, 2.05) is 48.5 Å². The zero-order chi connectivity index (χ0) is 13.8. The van der Waals surface area contributed by atoms with Gasteiger partial charge in [-0.3, -0.25) is 0 Å². The molecule has 0 aliphatic carbocycles. The first kappa shape index (κ1) is 14.3. The Hall–Kier alpha value is -1.08. The van der Waals surface area contributed by atoms with Crippen LogP contribution in [0.5, 0.6) is 0 Å². The molecular weight excluding hydrogens is 389 g/mol. The molecule has 19 heavy (non-hydrogen) atoms. The Morgan fingerprint density at radius 3 is 2.05 bits per heavy atom. The summed E-state index contributed by atoms with van der Waals surface area (Å²) in [5.41, 5.74) is 2.07. The normalized spacial score (nSPS) is 11.7. The fourth-order valence-corrected chi connectivity index (χ4v) is 3.22. The highest BCUT2D eigenvalue weighted by Crippen LogP contribution is 2.32. The molecule has 0 aromatic heterocycles. The fourth-order valence-electron chi connectivity index (χ4n) is 1.67. The SMILES string of the molecule is N#C/C(=C(/Cl)c1cc(Br)cc(Br)c1)c1ccccc1. The molecule has 0 unspecified atom stereocenters. The summed E-state index contributed by atoms with van der Waals surface area (Å²) in [4.78, 5) is 0. The molecule has 0 spiro atoms. The minimum absolute atomic E-state index is 0.440. The smallest absolute Gasteiger partial charge is 0.101 e. The number of allylic oxidation sites excluding steroid dienone is 1. The molecule has 0 bridgehead atoms. The second-order valence-corrected chi connectivity index (χ2v) is 6.03. The van der Waals surface area contributed by atoms with Crippen LogP contribution in [-0.2, 0) is 0 Å². The average Bonchev–Trinajstić information content (AvgIpc) is 2.39. The summed E-state index contributed by atoms with van der Waals surface area (Å²) in [6.45, 7) is 0. The number of hydrogen-bond acceptors (Lipinski definition) is 1. The zero-order valence-corrected chi connectivity index (χ0v) is 13.6. The first-order chi connectivity index (χ1) is 9.11. The zero-order valence-electron chi connectivity index (χ0n) is 9.70. The Bertz CT molecular complexity index is 652. The molecule has 0 atom stereocenters.